The first-order valence-corrected chi connectivity index (χ1v) is 6.29. The topological polar surface area (TPSA) is 24.5 Å². The smallest absolute Gasteiger partial charge is 0.0511 e. The second kappa shape index (κ2) is 6.03. The van der Waals surface area contributed by atoms with Crippen LogP contribution in [0.3, 0.4) is 0 Å². The van der Waals surface area contributed by atoms with Gasteiger partial charge in [0.1, 0.15) is 0 Å². The number of nitrogens with zero attached hydrogens (tertiary/aromatic N) is 1. The molecule has 1 aliphatic rings. The quantitative estimate of drug-likeness (QED) is 0.845. The lowest BCUT2D eigenvalue weighted by molar-refractivity contribution is 0.187. The molecule has 1 heterocycles. The molecule has 0 radical (unpaired) electrons. The first-order chi connectivity index (χ1) is 8.24. The second-order valence-electron chi connectivity index (χ2n) is 5.05. The predicted octanol–water partition coefficient (Wildman–Crippen LogP) is 2.20. The molecule has 0 amide bonds. The Balaban J connectivity index is 1.80. The van der Waals surface area contributed by atoms with E-state index in [1.54, 1.807) is 0 Å². The fourth-order valence-electron chi connectivity index (χ4n) is 2.10. The first kappa shape index (κ1) is 12.4. The molecule has 3 heteroatoms. The summed E-state index contributed by atoms with van der Waals surface area (Å²) in [6.45, 7) is 3.85. The molecule has 0 aliphatic carbocycles. The molecule has 0 bridgehead atoms. The molecule has 0 saturated carbocycles. The van der Waals surface area contributed by atoms with Crippen molar-refractivity contribution in [3.8, 4) is 0 Å². The third-order valence-corrected chi connectivity index (χ3v) is 3.07. The van der Waals surface area contributed by atoms with E-state index in [2.05, 4.69) is 48.6 Å². The molecule has 1 aliphatic heterocycles. The van der Waals surface area contributed by atoms with Crippen LogP contribution < -0.4 is 5.32 Å². The maximum atomic E-state index is 5.36. The molecule has 94 valence electrons. The van der Waals surface area contributed by atoms with Crippen LogP contribution in [0.2, 0.25) is 0 Å². The van der Waals surface area contributed by atoms with Gasteiger partial charge >= 0.3 is 0 Å². The number of hydrogen-bond acceptors (Lipinski definition) is 3. The van der Waals surface area contributed by atoms with Gasteiger partial charge in [-0.05, 0) is 38.2 Å². The molecule has 1 aromatic rings. The van der Waals surface area contributed by atoms with Crippen LogP contribution in [0.15, 0.2) is 24.3 Å². The Hall–Kier alpha value is -1.06. The summed E-state index contributed by atoms with van der Waals surface area (Å²) in [7, 11) is 4.18. The molecule has 1 aromatic carbocycles. The highest BCUT2D eigenvalue weighted by Crippen LogP contribution is 2.15. The van der Waals surface area contributed by atoms with E-state index in [9.17, 15) is 0 Å². The van der Waals surface area contributed by atoms with Crippen molar-refractivity contribution in [3.05, 3.63) is 29.8 Å². The monoisotopic (exact) mass is 234 g/mol. The zero-order valence-electron chi connectivity index (χ0n) is 10.8. The minimum absolute atomic E-state index is 0.677. The van der Waals surface area contributed by atoms with E-state index in [1.807, 2.05) is 0 Å². The van der Waals surface area contributed by atoms with Crippen LogP contribution in [0.25, 0.3) is 0 Å². The molecule has 2 rings (SSSR count). The van der Waals surface area contributed by atoms with Crippen LogP contribution in [0.1, 0.15) is 12.0 Å². The minimum atomic E-state index is 0.677. The van der Waals surface area contributed by atoms with Gasteiger partial charge in [0.2, 0.25) is 0 Å². The summed E-state index contributed by atoms with van der Waals surface area (Å²) < 4.78 is 5.36. The van der Waals surface area contributed by atoms with E-state index in [0.29, 0.717) is 5.92 Å². The Kier molecular flexibility index (Phi) is 4.40. The van der Waals surface area contributed by atoms with E-state index in [0.717, 1.165) is 26.3 Å². The van der Waals surface area contributed by atoms with Crippen molar-refractivity contribution in [2.75, 3.05) is 39.2 Å². The average Bonchev–Trinajstić information content (AvgIpc) is 2.80. The summed E-state index contributed by atoms with van der Waals surface area (Å²) >= 11 is 0. The first-order valence-electron chi connectivity index (χ1n) is 6.29. The van der Waals surface area contributed by atoms with E-state index in [4.69, 9.17) is 4.74 Å². The maximum absolute atomic E-state index is 5.36. The molecular weight excluding hydrogens is 212 g/mol. The standard InChI is InChI=1S/C14H22N2O/c1-16(2)10-12-3-5-14(6-4-12)15-9-13-7-8-17-11-13/h3-6,13,15H,7-11H2,1-2H3. The van der Waals surface area contributed by atoms with Crippen molar-refractivity contribution in [1.29, 1.82) is 0 Å². The van der Waals surface area contributed by atoms with Gasteiger partial charge in [-0.3, -0.25) is 0 Å². The predicted molar refractivity (Wildman–Crippen MR) is 71.2 cm³/mol. The summed E-state index contributed by atoms with van der Waals surface area (Å²) in [6.07, 6.45) is 1.19. The number of anilines is 1. The zero-order chi connectivity index (χ0) is 12.1. The average molecular weight is 234 g/mol. The molecule has 1 saturated heterocycles. The molecule has 1 N–H and O–H groups in total. The zero-order valence-corrected chi connectivity index (χ0v) is 10.8. The Morgan fingerprint density at radius 2 is 2.06 bits per heavy atom. The fourth-order valence-corrected chi connectivity index (χ4v) is 2.10. The Morgan fingerprint density at radius 3 is 2.65 bits per heavy atom. The van der Waals surface area contributed by atoms with Crippen LogP contribution in [0.5, 0.6) is 0 Å². The van der Waals surface area contributed by atoms with E-state index in [1.165, 1.54) is 17.7 Å². The summed E-state index contributed by atoms with van der Waals surface area (Å²) in [6, 6.07) is 8.70. The highest BCUT2D eigenvalue weighted by atomic mass is 16.5. The second-order valence-corrected chi connectivity index (χ2v) is 5.05. The summed E-state index contributed by atoms with van der Waals surface area (Å²) in [5.41, 5.74) is 2.56. The van der Waals surface area contributed by atoms with Gasteiger partial charge in [-0.2, -0.15) is 0 Å². The van der Waals surface area contributed by atoms with Crippen molar-refractivity contribution in [2.24, 2.45) is 5.92 Å². The van der Waals surface area contributed by atoms with Crippen LogP contribution in [0.4, 0.5) is 5.69 Å². The molecule has 0 spiro atoms. The van der Waals surface area contributed by atoms with Gasteiger partial charge < -0.3 is 15.0 Å². The van der Waals surface area contributed by atoms with Gasteiger partial charge in [0.15, 0.2) is 0 Å². The maximum Gasteiger partial charge on any atom is 0.0511 e. The van der Waals surface area contributed by atoms with Gasteiger partial charge in [-0.15, -0.1) is 0 Å². The van der Waals surface area contributed by atoms with E-state index >= 15 is 0 Å². The number of hydrogen-bond donors (Lipinski definition) is 1. The molecule has 1 fully saturated rings. The lowest BCUT2D eigenvalue weighted by Gasteiger charge is -2.12. The number of nitrogens with one attached hydrogen (secondary N) is 1. The lowest BCUT2D eigenvalue weighted by Crippen LogP contribution is -2.14. The summed E-state index contributed by atoms with van der Waals surface area (Å²) in [5, 5.41) is 3.47. The Bertz CT molecular complexity index is 329. The highest BCUT2D eigenvalue weighted by Gasteiger charge is 2.14. The molecular formula is C14H22N2O. The van der Waals surface area contributed by atoms with Crippen molar-refractivity contribution >= 4 is 5.69 Å². The van der Waals surface area contributed by atoms with Crippen molar-refractivity contribution in [2.45, 2.75) is 13.0 Å². The van der Waals surface area contributed by atoms with Crippen molar-refractivity contribution in [1.82, 2.24) is 4.90 Å². The van der Waals surface area contributed by atoms with Crippen LogP contribution in [-0.2, 0) is 11.3 Å². The SMILES string of the molecule is CN(C)Cc1ccc(NCC2CCOC2)cc1. The van der Waals surface area contributed by atoms with Crippen molar-refractivity contribution < 1.29 is 4.74 Å². The minimum Gasteiger partial charge on any atom is -0.385 e. The van der Waals surface area contributed by atoms with Crippen LogP contribution in [0, 0.1) is 5.92 Å². The van der Waals surface area contributed by atoms with Gasteiger partial charge in [-0.25, -0.2) is 0 Å². The number of benzene rings is 1. The number of rotatable bonds is 5. The molecule has 1 atom stereocenters. The van der Waals surface area contributed by atoms with E-state index < -0.39 is 0 Å². The largest absolute Gasteiger partial charge is 0.385 e. The van der Waals surface area contributed by atoms with Gasteiger partial charge in [0.05, 0.1) is 6.61 Å². The van der Waals surface area contributed by atoms with Crippen LogP contribution in [-0.4, -0.2) is 38.8 Å². The molecule has 3 nitrogen and oxygen atoms in total. The van der Waals surface area contributed by atoms with Gasteiger partial charge in [-0.1, -0.05) is 12.1 Å². The van der Waals surface area contributed by atoms with E-state index in [-0.39, 0.29) is 0 Å². The third-order valence-electron chi connectivity index (χ3n) is 3.07. The van der Waals surface area contributed by atoms with Crippen molar-refractivity contribution in [3.63, 3.8) is 0 Å². The number of ether oxygens (including phenoxy) is 1. The molecule has 1 unspecified atom stereocenters. The summed E-state index contributed by atoms with van der Waals surface area (Å²) in [4.78, 5) is 2.18. The highest BCUT2D eigenvalue weighted by molar-refractivity contribution is 5.44. The molecule has 0 aromatic heterocycles. The lowest BCUT2D eigenvalue weighted by atomic mass is 10.1. The normalized spacial score (nSPS) is 19.8. The van der Waals surface area contributed by atoms with Gasteiger partial charge in [0.25, 0.3) is 0 Å². The Morgan fingerprint density at radius 1 is 1.29 bits per heavy atom. The van der Waals surface area contributed by atoms with Gasteiger partial charge in [0, 0.05) is 31.3 Å². The fraction of sp³-hybridized carbons (Fsp3) is 0.571. The Labute approximate surface area is 104 Å². The van der Waals surface area contributed by atoms with Crippen LogP contribution >= 0.6 is 0 Å². The third kappa shape index (κ3) is 4.02. The molecule has 17 heavy (non-hydrogen) atoms. The summed E-state index contributed by atoms with van der Waals surface area (Å²) in [5.74, 6) is 0.677.